The summed E-state index contributed by atoms with van der Waals surface area (Å²) >= 11 is 0. The number of nitrogens with zero attached hydrogens (tertiary/aromatic N) is 1. The smallest absolute Gasteiger partial charge is 0.407 e. The largest absolute Gasteiger partial charge is 0.494 e. The molecule has 2 fully saturated rings. The van der Waals surface area contributed by atoms with Crippen LogP contribution in [0.5, 0.6) is 17.2 Å². The molecule has 2 aromatic carbocycles. The minimum Gasteiger partial charge on any atom is -0.494 e. The van der Waals surface area contributed by atoms with Gasteiger partial charge in [0.05, 0.1) is 49.9 Å². The Balaban J connectivity index is 1.26. The molecule has 0 aliphatic carbocycles. The maximum atomic E-state index is 13.9. The Labute approximate surface area is 292 Å². The molecule has 2 saturated heterocycles. The SMILES string of the molecule is COC(=O)NCCCCOc1ccc(C[C@H](NC(=O)O[C@H]2CO[C@H]3OCC[C@H]32)[C@H](O)CN(CC(C)C)S(=O)(=O)c2ccc3c(c2)OCO3)cc1. The van der Waals surface area contributed by atoms with Crippen molar-refractivity contribution in [1.29, 1.82) is 0 Å². The molecule has 2 aromatic rings. The number of ether oxygens (including phenoxy) is 7. The van der Waals surface area contributed by atoms with Crippen molar-refractivity contribution in [2.24, 2.45) is 11.8 Å². The van der Waals surface area contributed by atoms with Crippen LogP contribution in [-0.4, -0.2) is 108 Å². The number of nitrogens with one attached hydrogen (secondary N) is 2. The van der Waals surface area contributed by atoms with Gasteiger partial charge in [-0.1, -0.05) is 26.0 Å². The van der Waals surface area contributed by atoms with Crippen molar-refractivity contribution < 1.29 is 56.3 Å². The molecule has 0 bridgehead atoms. The second-order valence-electron chi connectivity index (χ2n) is 12.8. The van der Waals surface area contributed by atoms with E-state index in [0.29, 0.717) is 56.3 Å². The Morgan fingerprint density at radius 3 is 2.56 bits per heavy atom. The fourth-order valence-electron chi connectivity index (χ4n) is 6.01. The fraction of sp³-hybridized carbons (Fsp3) is 0.588. The van der Waals surface area contributed by atoms with E-state index >= 15 is 0 Å². The summed E-state index contributed by atoms with van der Waals surface area (Å²) in [5, 5.41) is 17.1. The van der Waals surface area contributed by atoms with Crippen LogP contribution in [0.15, 0.2) is 47.4 Å². The van der Waals surface area contributed by atoms with E-state index in [1.54, 1.807) is 18.2 Å². The average Bonchev–Trinajstić information content (AvgIpc) is 3.85. The lowest BCUT2D eigenvalue weighted by Gasteiger charge is -2.31. The van der Waals surface area contributed by atoms with Crippen molar-refractivity contribution in [1.82, 2.24) is 14.9 Å². The molecule has 16 heteroatoms. The van der Waals surface area contributed by atoms with Gasteiger partial charge in [-0.25, -0.2) is 18.0 Å². The van der Waals surface area contributed by atoms with Gasteiger partial charge in [-0.3, -0.25) is 0 Å². The quantitative estimate of drug-likeness (QED) is 0.204. The van der Waals surface area contributed by atoms with E-state index in [1.165, 1.54) is 23.5 Å². The number of carbonyl (C=O) groups excluding carboxylic acids is 2. The number of alkyl carbamates (subject to hydrolysis) is 2. The van der Waals surface area contributed by atoms with Gasteiger partial charge in [0.25, 0.3) is 0 Å². The maximum Gasteiger partial charge on any atom is 0.407 e. The average molecular weight is 722 g/mol. The predicted molar refractivity (Wildman–Crippen MR) is 178 cm³/mol. The molecule has 0 spiro atoms. The van der Waals surface area contributed by atoms with Crippen LogP contribution in [0.4, 0.5) is 9.59 Å². The number of hydrogen-bond acceptors (Lipinski definition) is 12. The first-order valence-corrected chi connectivity index (χ1v) is 18.3. The highest BCUT2D eigenvalue weighted by Gasteiger charge is 2.44. The standard InChI is InChI=1S/C34H47N3O12S/c1-22(2)18-37(50(41,42)25-10-11-29-30(17-25)48-21-47-29)19-28(38)27(36-34(40)49-31-20-46-32-26(31)12-15-45-32)16-23-6-8-24(9-7-23)44-14-5-4-13-35-33(39)43-3/h6-11,17,22,26-28,31-32,38H,4-5,12-16,18-21H2,1-3H3,(H,35,39)(H,36,40)/t26-,27-,28+,31-,32+/m0/s1. The zero-order valence-corrected chi connectivity index (χ0v) is 29.4. The Hall–Kier alpha value is -3.83. The molecule has 5 atom stereocenters. The molecule has 3 aliphatic heterocycles. The summed E-state index contributed by atoms with van der Waals surface area (Å²) in [6, 6.07) is 10.7. The number of hydrogen-bond donors (Lipinski definition) is 3. The summed E-state index contributed by atoms with van der Waals surface area (Å²) in [4.78, 5) is 24.4. The van der Waals surface area contributed by atoms with E-state index in [1.807, 2.05) is 26.0 Å². The van der Waals surface area contributed by atoms with Crippen molar-refractivity contribution in [3.63, 3.8) is 0 Å². The highest BCUT2D eigenvalue weighted by Crippen LogP contribution is 2.35. The predicted octanol–water partition coefficient (Wildman–Crippen LogP) is 3.04. The molecular weight excluding hydrogens is 674 g/mol. The first-order valence-electron chi connectivity index (χ1n) is 16.8. The van der Waals surface area contributed by atoms with Crippen LogP contribution in [0.2, 0.25) is 0 Å². The number of fused-ring (bicyclic) bond motifs is 2. The van der Waals surface area contributed by atoms with Gasteiger partial charge in [-0.05, 0) is 61.4 Å². The summed E-state index contributed by atoms with van der Waals surface area (Å²) in [7, 11) is -2.77. The topological polar surface area (TPSA) is 180 Å². The third-order valence-corrected chi connectivity index (χ3v) is 10.5. The fourth-order valence-corrected chi connectivity index (χ4v) is 7.65. The van der Waals surface area contributed by atoms with E-state index in [9.17, 15) is 23.1 Å². The second-order valence-corrected chi connectivity index (χ2v) is 14.8. The zero-order valence-electron chi connectivity index (χ0n) is 28.6. The summed E-state index contributed by atoms with van der Waals surface area (Å²) in [6.07, 6.45) is -1.14. The van der Waals surface area contributed by atoms with Crippen LogP contribution in [0, 0.1) is 11.8 Å². The molecule has 3 aliphatic rings. The van der Waals surface area contributed by atoms with Crippen molar-refractivity contribution in [2.45, 2.75) is 69.0 Å². The number of amides is 2. The van der Waals surface area contributed by atoms with Crippen molar-refractivity contribution in [3.05, 3.63) is 48.0 Å². The number of benzene rings is 2. The van der Waals surface area contributed by atoms with E-state index in [2.05, 4.69) is 15.4 Å². The molecule has 0 aromatic heterocycles. The number of methoxy groups -OCH3 is 1. The monoisotopic (exact) mass is 721 g/mol. The second kappa shape index (κ2) is 17.4. The highest BCUT2D eigenvalue weighted by atomic mass is 32.2. The third kappa shape index (κ3) is 9.90. The normalized spacial score (nSPS) is 20.7. The van der Waals surface area contributed by atoms with Gasteiger partial charge >= 0.3 is 12.2 Å². The molecule has 276 valence electrons. The van der Waals surface area contributed by atoms with Crippen LogP contribution in [0.1, 0.15) is 38.7 Å². The number of rotatable bonds is 17. The molecule has 0 radical (unpaired) electrons. The minimum atomic E-state index is -4.08. The molecule has 3 heterocycles. The lowest BCUT2D eigenvalue weighted by Crippen LogP contribution is -2.51. The summed E-state index contributed by atoms with van der Waals surface area (Å²) in [5.41, 5.74) is 0.770. The van der Waals surface area contributed by atoms with Crippen LogP contribution in [0.3, 0.4) is 0 Å². The lowest BCUT2D eigenvalue weighted by molar-refractivity contribution is -0.0907. The number of aliphatic hydroxyl groups excluding tert-OH is 1. The van der Waals surface area contributed by atoms with Crippen LogP contribution < -0.4 is 24.8 Å². The maximum absolute atomic E-state index is 13.9. The molecular formula is C34H47N3O12S. The molecule has 3 N–H and O–H groups in total. The third-order valence-electron chi connectivity index (χ3n) is 8.63. The Bertz CT molecular complexity index is 1540. The Morgan fingerprint density at radius 2 is 1.80 bits per heavy atom. The van der Waals surface area contributed by atoms with Crippen LogP contribution in [0.25, 0.3) is 0 Å². The van der Waals surface area contributed by atoms with Crippen LogP contribution >= 0.6 is 0 Å². The molecule has 15 nitrogen and oxygen atoms in total. The molecule has 50 heavy (non-hydrogen) atoms. The number of unbranched alkanes of at least 4 members (excludes halogenated alkanes) is 1. The summed E-state index contributed by atoms with van der Waals surface area (Å²) < 4.78 is 67.0. The minimum absolute atomic E-state index is 0.00141. The van der Waals surface area contributed by atoms with Crippen molar-refractivity contribution in [3.8, 4) is 17.2 Å². The number of aliphatic hydroxyl groups is 1. The van der Waals surface area contributed by atoms with Gasteiger partial charge in [-0.2, -0.15) is 4.31 Å². The van der Waals surface area contributed by atoms with Gasteiger partial charge in [0.15, 0.2) is 17.8 Å². The number of sulfonamides is 1. The van der Waals surface area contributed by atoms with E-state index in [0.717, 1.165) is 5.56 Å². The Kier molecular flexibility index (Phi) is 13.0. The summed E-state index contributed by atoms with van der Waals surface area (Å²) in [6.45, 7) is 5.24. The summed E-state index contributed by atoms with van der Waals surface area (Å²) in [5.74, 6) is 1.27. The molecule has 2 amide bonds. The lowest BCUT2D eigenvalue weighted by atomic mass is 10.0. The zero-order chi connectivity index (χ0) is 35.7. The van der Waals surface area contributed by atoms with Crippen molar-refractivity contribution >= 4 is 22.2 Å². The number of carbonyl (C=O) groups is 2. The van der Waals surface area contributed by atoms with Crippen molar-refractivity contribution in [2.75, 3.05) is 53.4 Å². The molecule has 0 saturated carbocycles. The Morgan fingerprint density at radius 1 is 1.02 bits per heavy atom. The first kappa shape index (κ1) is 37.4. The van der Waals surface area contributed by atoms with Gasteiger partial charge in [0, 0.05) is 25.7 Å². The molecule has 0 unspecified atom stereocenters. The van der Waals surface area contributed by atoms with E-state index < -0.39 is 46.7 Å². The van der Waals surface area contributed by atoms with Gasteiger partial charge < -0.3 is 48.9 Å². The van der Waals surface area contributed by atoms with E-state index in [4.69, 9.17) is 28.4 Å². The first-order chi connectivity index (χ1) is 24.0. The highest BCUT2D eigenvalue weighted by molar-refractivity contribution is 7.89. The van der Waals surface area contributed by atoms with Gasteiger partial charge in [0.1, 0.15) is 11.9 Å². The van der Waals surface area contributed by atoms with Gasteiger partial charge in [-0.15, -0.1) is 0 Å². The van der Waals surface area contributed by atoms with Crippen LogP contribution in [-0.2, 0) is 35.4 Å². The molecule has 5 rings (SSSR count). The van der Waals surface area contributed by atoms with E-state index in [-0.39, 0.29) is 49.6 Å². The van der Waals surface area contributed by atoms with Gasteiger partial charge in [0.2, 0.25) is 16.8 Å².